The van der Waals surface area contributed by atoms with Crippen LogP contribution in [0.5, 0.6) is 0 Å². The Labute approximate surface area is 177 Å². The van der Waals surface area contributed by atoms with Crippen molar-refractivity contribution in [3.63, 3.8) is 0 Å². The van der Waals surface area contributed by atoms with E-state index in [9.17, 15) is 4.79 Å². The van der Waals surface area contributed by atoms with Gasteiger partial charge in [-0.1, -0.05) is 18.2 Å². The molecule has 0 saturated carbocycles. The van der Waals surface area contributed by atoms with Crippen LogP contribution in [0.2, 0.25) is 0 Å². The van der Waals surface area contributed by atoms with Gasteiger partial charge < -0.3 is 4.90 Å². The van der Waals surface area contributed by atoms with Crippen molar-refractivity contribution in [3.8, 4) is 10.7 Å². The molecule has 4 aromatic rings. The number of para-hydroxylation sites is 1. The van der Waals surface area contributed by atoms with Crippen LogP contribution in [-0.4, -0.2) is 38.8 Å². The van der Waals surface area contributed by atoms with E-state index in [1.54, 1.807) is 17.5 Å². The van der Waals surface area contributed by atoms with Gasteiger partial charge in [-0.25, -0.2) is 9.97 Å². The number of nitrogens with zero attached hydrogens (tertiary/aromatic N) is 4. The minimum absolute atomic E-state index is 0.0768. The molecular weight excluding hydrogens is 400 g/mol. The number of pyridine rings is 1. The molecule has 1 aliphatic rings. The molecule has 0 radical (unpaired) electrons. The number of likely N-dealkylation sites (tertiary alicyclic amines) is 1. The molecule has 1 aromatic carbocycles. The number of rotatable bonds is 3. The van der Waals surface area contributed by atoms with Crippen LogP contribution >= 0.6 is 22.7 Å². The molecule has 0 unspecified atom stereocenters. The summed E-state index contributed by atoms with van der Waals surface area (Å²) in [6.45, 7) is 3.41. The van der Waals surface area contributed by atoms with Gasteiger partial charge in [0.15, 0.2) is 0 Å². The first-order chi connectivity index (χ1) is 14.2. The van der Waals surface area contributed by atoms with Gasteiger partial charge in [0.1, 0.15) is 9.88 Å². The van der Waals surface area contributed by atoms with E-state index in [4.69, 9.17) is 4.98 Å². The highest BCUT2D eigenvalue weighted by Crippen LogP contribution is 2.34. The van der Waals surface area contributed by atoms with Crippen LogP contribution in [-0.2, 0) is 0 Å². The minimum atomic E-state index is 0.0768. The molecule has 7 heteroatoms. The Hall–Kier alpha value is -2.64. The molecule has 0 N–H and O–H groups in total. The molecule has 5 nitrogen and oxygen atoms in total. The SMILES string of the molecule is Cc1nc(-c2ccccn2)sc1C(=O)N1CCC[C@H](c2nc3ccccc3s2)C1. The fraction of sp³-hybridized carbons (Fsp3) is 0.273. The Kier molecular flexibility index (Phi) is 4.85. The zero-order chi connectivity index (χ0) is 19.8. The highest BCUT2D eigenvalue weighted by molar-refractivity contribution is 7.18. The van der Waals surface area contributed by atoms with Gasteiger partial charge in [0.25, 0.3) is 5.91 Å². The number of hydrogen-bond acceptors (Lipinski definition) is 6. The van der Waals surface area contributed by atoms with Crippen LogP contribution in [0.1, 0.15) is 39.1 Å². The second kappa shape index (κ2) is 7.65. The number of carbonyl (C=O) groups is 1. The van der Waals surface area contributed by atoms with E-state index in [2.05, 4.69) is 22.1 Å². The van der Waals surface area contributed by atoms with E-state index in [1.165, 1.54) is 16.0 Å². The largest absolute Gasteiger partial charge is 0.337 e. The second-order valence-corrected chi connectivity index (χ2v) is 9.32. The Morgan fingerprint density at radius 3 is 2.79 bits per heavy atom. The van der Waals surface area contributed by atoms with Crippen molar-refractivity contribution in [3.05, 3.63) is 64.2 Å². The van der Waals surface area contributed by atoms with Gasteiger partial charge in [-0.05, 0) is 44.0 Å². The summed E-state index contributed by atoms with van der Waals surface area (Å²) in [6.07, 6.45) is 3.82. The van der Waals surface area contributed by atoms with Crippen molar-refractivity contribution in [1.29, 1.82) is 0 Å². The minimum Gasteiger partial charge on any atom is -0.337 e. The van der Waals surface area contributed by atoms with Gasteiger partial charge in [-0.3, -0.25) is 9.78 Å². The zero-order valence-corrected chi connectivity index (χ0v) is 17.7. The van der Waals surface area contributed by atoms with E-state index in [0.29, 0.717) is 5.92 Å². The summed E-state index contributed by atoms with van der Waals surface area (Å²) in [5.74, 6) is 0.376. The lowest BCUT2D eigenvalue weighted by Gasteiger charge is -2.31. The van der Waals surface area contributed by atoms with Gasteiger partial charge in [0.05, 0.1) is 26.6 Å². The molecule has 0 aliphatic carbocycles. The Morgan fingerprint density at radius 1 is 1.10 bits per heavy atom. The average Bonchev–Trinajstić information content (AvgIpc) is 3.38. The summed E-state index contributed by atoms with van der Waals surface area (Å²) < 4.78 is 1.21. The van der Waals surface area contributed by atoms with Crippen molar-refractivity contribution in [2.24, 2.45) is 0 Å². The molecular formula is C22H20N4OS2. The van der Waals surface area contributed by atoms with Gasteiger partial charge >= 0.3 is 0 Å². The smallest absolute Gasteiger partial charge is 0.265 e. The molecule has 4 heterocycles. The van der Waals surface area contributed by atoms with Crippen LogP contribution in [0.3, 0.4) is 0 Å². The molecule has 5 rings (SSSR count). The fourth-order valence-electron chi connectivity index (χ4n) is 3.77. The molecule has 1 aliphatic heterocycles. The molecule has 3 aromatic heterocycles. The Bertz CT molecular complexity index is 1140. The highest BCUT2D eigenvalue weighted by Gasteiger charge is 2.29. The van der Waals surface area contributed by atoms with Crippen LogP contribution in [0.25, 0.3) is 20.9 Å². The average molecular weight is 421 g/mol. The van der Waals surface area contributed by atoms with Crippen molar-refractivity contribution in [2.45, 2.75) is 25.7 Å². The number of aryl methyl sites for hydroxylation is 1. The zero-order valence-electron chi connectivity index (χ0n) is 16.0. The first-order valence-corrected chi connectivity index (χ1v) is 11.4. The van der Waals surface area contributed by atoms with Gasteiger partial charge in [0.2, 0.25) is 0 Å². The van der Waals surface area contributed by atoms with Crippen molar-refractivity contribution in [2.75, 3.05) is 13.1 Å². The third kappa shape index (κ3) is 3.56. The van der Waals surface area contributed by atoms with Gasteiger partial charge in [-0.2, -0.15) is 0 Å². The predicted octanol–water partition coefficient (Wildman–Crippen LogP) is 5.14. The molecule has 1 saturated heterocycles. The predicted molar refractivity (Wildman–Crippen MR) is 118 cm³/mol. The molecule has 0 spiro atoms. The number of amides is 1. The van der Waals surface area contributed by atoms with Gasteiger partial charge in [-0.15, -0.1) is 22.7 Å². The molecule has 29 heavy (non-hydrogen) atoms. The summed E-state index contributed by atoms with van der Waals surface area (Å²) in [7, 11) is 0. The topological polar surface area (TPSA) is 59.0 Å². The maximum atomic E-state index is 13.3. The number of hydrogen-bond donors (Lipinski definition) is 0. The number of carbonyl (C=O) groups excluding carboxylic acids is 1. The number of aromatic nitrogens is 3. The van der Waals surface area contributed by atoms with E-state index in [1.807, 2.05) is 42.2 Å². The van der Waals surface area contributed by atoms with Crippen LogP contribution in [0.15, 0.2) is 48.7 Å². The Balaban J connectivity index is 1.38. The molecule has 1 atom stereocenters. The number of benzene rings is 1. The normalized spacial score (nSPS) is 17.0. The molecule has 1 fully saturated rings. The van der Waals surface area contributed by atoms with Crippen LogP contribution in [0.4, 0.5) is 0 Å². The summed E-state index contributed by atoms with van der Waals surface area (Å²) in [6, 6.07) is 14.0. The van der Waals surface area contributed by atoms with E-state index < -0.39 is 0 Å². The maximum absolute atomic E-state index is 13.3. The van der Waals surface area contributed by atoms with Crippen molar-refractivity contribution < 1.29 is 4.79 Å². The highest BCUT2D eigenvalue weighted by atomic mass is 32.1. The fourth-order valence-corrected chi connectivity index (χ4v) is 5.87. The summed E-state index contributed by atoms with van der Waals surface area (Å²) in [4.78, 5) is 29.8. The summed E-state index contributed by atoms with van der Waals surface area (Å²) >= 11 is 3.19. The van der Waals surface area contributed by atoms with Crippen LogP contribution < -0.4 is 0 Å². The standard InChI is InChI=1S/C22H20N4OS2/c1-14-19(29-21(24-14)17-9-4-5-11-23-17)22(27)26-12-6-7-15(13-26)20-25-16-8-2-3-10-18(16)28-20/h2-5,8-11,15H,6-7,12-13H2,1H3/t15-/m0/s1. The number of fused-ring (bicyclic) bond motifs is 1. The summed E-state index contributed by atoms with van der Waals surface area (Å²) in [5, 5.41) is 1.94. The first kappa shape index (κ1) is 18.4. The second-order valence-electron chi connectivity index (χ2n) is 7.26. The van der Waals surface area contributed by atoms with Crippen molar-refractivity contribution in [1.82, 2.24) is 19.9 Å². The molecule has 1 amide bonds. The monoisotopic (exact) mass is 420 g/mol. The lowest BCUT2D eigenvalue weighted by molar-refractivity contribution is 0.0711. The molecule has 0 bridgehead atoms. The van der Waals surface area contributed by atoms with Crippen molar-refractivity contribution >= 4 is 38.8 Å². The van der Waals surface area contributed by atoms with E-state index >= 15 is 0 Å². The maximum Gasteiger partial charge on any atom is 0.265 e. The van der Waals surface area contributed by atoms with E-state index in [-0.39, 0.29) is 5.91 Å². The number of piperidine rings is 1. The molecule has 146 valence electrons. The lowest BCUT2D eigenvalue weighted by Crippen LogP contribution is -2.39. The van der Waals surface area contributed by atoms with Crippen LogP contribution in [0, 0.1) is 6.92 Å². The third-order valence-electron chi connectivity index (χ3n) is 5.24. The number of thiazole rings is 2. The Morgan fingerprint density at radius 2 is 1.97 bits per heavy atom. The quantitative estimate of drug-likeness (QED) is 0.460. The van der Waals surface area contributed by atoms with E-state index in [0.717, 1.165) is 57.7 Å². The lowest BCUT2D eigenvalue weighted by atomic mass is 9.98. The summed E-state index contributed by atoms with van der Waals surface area (Å²) in [5.41, 5.74) is 2.64. The van der Waals surface area contributed by atoms with Gasteiger partial charge in [0, 0.05) is 25.2 Å². The third-order valence-corrected chi connectivity index (χ3v) is 7.61. The first-order valence-electron chi connectivity index (χ1n) is 9.72.